The largest absolute Gasteiger partial charge is 0.383 e. The predicted octanol–water partition coefficient (Wildman–Crippen LogP) is -1.18. The molecule has 0 aliphatic heterocycles. The molecule has 1 aromatic heterocycles. The highest BCUT2D eigenvalue weighted by Gasteiger charge is 2.04. The van der Waals surface area contributed by atoms with Crippen LogP contribution in [0, 0.1) is 0 Å². The highest BCUT2D eigenvalue weighted by atomic mass is 16.5. The summed E-state index contributed by atoms with van der Waals surface area (Å²) < 4.78 is 7.42. The Balaban J connectivity index is 2.82. The molecule has 0 unspecified atom stereocenters. The smallest absolute Gasteiger partial charge is 0.330 e. The molecule has 1 heterocycles. The first-order valence-electron chi connectivity index (χ1n) is 5.03. The average Bonchev–Trinajstić information content (AvgIpc) is 2.28. The number of ether oxygens (including phenoxy) is 1. The van der Waals surface area contributed by atoms with Gasteiger partial charge in [0, 0.05) is 46.1 Å². The van der Waals surface area contributed by atoms with E-state index < -0.39 is 0 Å². The molecule has 0 radical (unpaired) electrons. The van der Waals surface area contributed by atoms with E-state index >= 15 is 0 Å². The van der Waals surface area contributed by atoms with Crippen molar-refractivity contribution in [3.63, 3.8) is 0 Å². The van der Waals surface area contributed by atoms with Gasteiger partial charge < -0.3 is 10.1 Å². The third-order valence-electron chi connectivity index (χ3n) is 2.41. The van der Waals surface area contributed by atoms with Crippen LogP contribution >= 0.6 is 0 Å². The van der Waals surface area contributed by atoms with E-state index in [1.54, 1.807) is 14.2 Å². The maximum Gasteiger partial charge on any atom is 0.330 e. The molecule has 6 heteroatoms. The van der Waals surface area contributed by atoms with Gasteiger partial charge >= 0.3 is 5.69 Å². The monoisotopic (exact) mass is 227 g/mol. The maximum absolute atomic E-state index is 11.6. The summed E-state index contributed by atoms with van der Waals surface area (Å²) in [5, 5.41) is 3.08. The van der Waals surface area contributed by atoms with Crippen molar-refractivity contribution in [1.82, 2.24) is 14.5 Å². The van der Waals surface area contributed by atoms with Crippen molar-refractivity contribution in [3.05, 3.63) is 32.6 Å². The second-order valence-corrected chi connectivity index (χ2v) is 3.54. The van der Waals surface area contributed by atoms with Crippen molar-refractivity contribution in [2.45, 2.75) is 6.54 Å². The molecule has 6 nitrogen and oxygen atoms in total. The molecule has 16 heavy (non-hydrogen) atoms. The first-order chi connectivity index (χ1) is 7.57. The molecule has 0 fully saturated rings. The highest BCUT2D eigenvalue weighted by molar-refractivity contribution is 5.01. The molecule has 0 bridgehead atoms. The molecular weight excluding hydrogens is 210 g/mol. The molecule has 1 rings (SSSR count). The third kappa shape index (κ3) is 2.80. The summed E-state index contributed by atoms with van der Waals surface area (Å²) in [5.41, 5.74) is 0.0758. The summed E-state index contributed by atoms with van der Waals surface area (Å²) in [4.78, 5) is 23.0. The third-order valence-corrected chi connectivity index (χ3v) is 2.41. The lowest BCUT2D eigenvalue weighted by molar-refractivity contribution is 0.199. The molecule has 0 aromatic carbocycles. The van der Waals surface area contributed by atoms with Gasteiger partial charge in [0.1, 0.15) is 0 Å². The van der Waals surface area contributed by atoms with Gasteiger partial charge in [-0.2, -0.15) is 0 Å². The van der Waals surface area contributed by atoms with Gasteiger partial charge in [-0.05, 0) is 0 Å². The van der Waals surface area contributed by atoms with Crippen molar-refractivity contribution < 1.29 is 4.74 Å². The Labute approximate surface area is 93.5 Å². The molecule has 90 valence electrons. The van der Waals surface area contributed by atoms with Crippen LogP contribution in [0.1, 0.15) is 5.69 Å². The number of hydrogen-bond acceptors (Lipinski definition) is 4. The zero-order valence-corrected chi connectivity index (χ0v) is 9.82. The second-order valence-electron chi connectivity index (χ2n) is 3.54. The Bertz CT molecular complexity index is 461. The number of aromatic nitrogens is 2. The van der Waals surface area contributed by atoms with Gasteiger partial charge in [-0.15, -0.1) is 0 Å². The van der Waals surface area contributed by atoms with Gasteiger partial charge in [-0.25, -0.2) is 4.79 Å². The van der Waals surface area contributed by atoms with E-state index in [9.17, 15) is 9.59 Å². The molecule has 0 saturated heterocycles. The topological polar surface area (TPSA) is 65.3 Å². The minimum atomic E-state index is -0.309. The van der Waals surface area contributed by atoms with Crippen LogP contribution in [-0.4, -0.2) is 29.4 Å². The van der Waals surface area contributed by atoms with Crippen molar-refractivity contribution in [1.29, 1.82) is 0 Å². The van der Waals surface area contributed by atoms with E-state index in [4.69, 9.17) is 4.74 Å². The van der Waals surface area contributed by atoms with Gasteiger partial charge in [0.2, 0.25) is 0 Å². The fourth-order valence-corrected chi connectivity index (χ4v) is 1.34. The quantitative estimate of drug-likeness (QED) is 0.643. The first-order valence-corrected chi connectivity index (χ1v) is 5.03. The molecule has 1 aromatic rings. The Kier molecular flexibility index (Phi) is 4.45. The summed E-state index contributed by atoms with van der Waals surface area (Å²) in [6.07, 6.45) is 0. The van der Waals surface area contributed by atoms with Crippen LogP contribution in [0.4, 0.5) is 0 Å². The molecule has 0 aliphatic rings. The van der Waals surface area contributed by atoms with E-state index in [2.05, 4.69) is 5.32 Å². The van der Waals surface area contributed by atoms with Gasteiger partial charge in [0.15, 0.2) is 0 Å². The summed E-state index contributed by atoms with van der Waals surface area (Å²) >= 11 is 0. The number of methoxy groups -OCH3 is 1. The molecular formula is C10H17N3O3. The molecule has 0 atom stereocenters. The van der Waals surface area contributed by atoms with E-state index in [0.717, 1.165) is 4.57 Å². The van der Waals surface area contributed by atoms with Crippen molar-refractivity contribution in [3.8, 4) is 0 Å². The highest BCUT2D eigenvalue weighted by Crippen LogP contribution is 1.89. The van der Waals surface area contributed by atoms with Crippen LogP contribution in [0.25, 0.3) is 0 Å². The molecule has 0 amide bonds. The SMILES string of the molecule is COCCNCc1cc(=O)n(C)c(=O)n1C. The predicted molar refractivity (Wildman–Crippen MR) is 60.5 cm³/mol. The summed E-state index contributed by atoms with van der Waals surface area (Å²) in [5.74, 6) is 0. The number of rotatable bonds is 5. The second kappa shape index (κ2) is 5.62. The van der Waals surface area contributed by atoms with Crippen LogP contribution in [-0.2, 0) is 25.4 Å². The van der Waals surface area contributed by atoms with Crippen molar-refractivity contribution in [2.75, 3.05) is 20.3 Å². The molecule has 0 saturated carbocycles. The summed E-state index contributed by atoms with van der Waals surface area (Å²) in [7, 11) is 4.73. The van der Waals surface area contributed by atoms with Crippen molar-refractivity contribution in [2.24, 2.45) is 14.1 Å². The lowest BCUT2D eigenvalue weighted by Gasteiger charge is -2.09. The normalized spacial score (nSPS) is 10.7. The number of hydrogen-bond donors (Lipinski definition) is 1. The molecule has 0 aliphatic carbocycles. The number of nitrogens with zero attached hydrogens (tertiary/aromatic N) is 2. The van der Waals surface area contributed by atoms with E-state index in [1.165, 1.54) is 17.7 Å². The van der Waals surface area contributed by atoms with E-state index in [0.29, 0.717) is 25.4 Å². The Morgan fingerprint density at radius 3 is 2.62 bits per heavy atom. The van der Waals surface area contributed by atoms with Crippen molar-refractivity contribution >= 4 is 0 Å². The lowest BCUT2D eigenvalue weighted by atomic mass is 10.4. The van der Waals surface area contributed by atoms with Crippen LogP contribution < -0.4 is 16.6 Å². The standard InChI is InChI=1S/C10H17N3O3/c1-12-8(7-11-4-5-16-3)6-9(14)13(2)10(12)15/h6,11H,4-5,7H2,1-3H3. The minimum Gasteiger partial charge on any atom is -0.383 e. The maximum atomic E-state index is 11.6. The molecule has 0 spiro atoms. The Morgan fingerprint density at radius 2 is 2.00 bits per heavy atom. The minimum absolute atomic E-state index is 0.286. The Morgan fingerprint density at radius 1 is 1.31 bits per heavy atom. The van der Waals surface area contributed by atoms with E-state index in [-0.39, 0.29) is 11.2 Å². The van der Waals surface area contributed by atoms with Gasteiger partial charge in [0.05, 0.1) is 6.61 Å². The van der Waals surface area contributed by atoms with E-state index in [1.807, 2.05) is 0 Å². The fourth-order valence-electron chi connectivity index (χ4n) is 1.34. The van der Waals surface area contributed by atoms with Crippen LogP contribution in [0.5, 0.6) is 0 Å². The first kappa shape index (κ1) is 12.7. The molecule has 1 N–H and O–H groups in total. The number of nitrogens with one attached hydrogen (secondary N) is 1. The zero-order valence-electron chi connectivity index (χ0n) is 9.82. The van der Waals surface area contributed by atoms with Gasteiger partial charge in [0.25, 0.3) is 5.56 Å². The average molecular weight is 227 g/mol. The fraction of sp³-hybridized carbons (Fsp3) is 0.600. The van der Waals surface area contributed by atoms with Gasteiger partial charge in [-0.1, -0.05) is 0 Å². The lowest BCUT2D eigenvalue weighted by Crippen LogP contribution is -2.39. The Hall–Kier alpha value is -1.40. The summed E-state index contributed by atoms with van der Waals surface area (Å²) in [6, 6.07) is 1.46. The van der Waals surface area contributed by atoms with Crippen LogP contribution in [0.2, 0.25) is 0 Å². The zero-order chi connectivity index (χ0) is 12.1. The van der Waals surface area contributed by atoms with Crippen LogP contribution in [0.15, 0.2) is 15.7 Å². The summed E-state index contributed by atoms with van der Waals surface area (Å²) in [6.45, 7) is 1.75. The van der Waals surface area contributed by atoms with Crippen LogP contribution in [0.3, 0.4) is 0 Å². The van der Waals surface area contributed by atoms with Gasteiger partial charge in [-0.3, -0.25) is 13.9 Å².